The van der Waals surface area contributed by atoms with Crippen LogP contribution in [0.4, 0.5) is 5.69 Å². The molecule has 1 aliphatic rings. The monoisotopic (exact) mass is 387 g/mol. The summed E-state index contributed by atoms with van der Waals surface area (Å²) < 4.78 is 0.737. The van der Waals surface area contributed by atoms with E-state index >= 15 is 0 Å². The standard InChI is InChI=1S/C14H14INO4/c1-14(2)6-11(17)16(12(18)7-14)10-4-3-8(15)5-9(10)13(19)20/h3-5H,6-7H2,1-2H3,(H,19,20). The van der Waals surface area contributed by atoms with E-state index in [1.807, 2.05) is 36.4 Å². The fraction of sp³-hybridized carbons (Fsp3) is 0.357. The van der Waals surface area contributed by atoms with Crippen LogP contribution in [0.1, 0.15) is 37.0 Å². The van der Waals surface area contributed by atoms with Crippen molar-refractivity contribution in [3.05, 3.63) is 27.3 Å². The summed E-state index contributed by atoms with van der Waals surface area (Å²) in [6.45, 7) is 3.71. The van der Waals surface area contributed by atoms with Crippen LogP contribution in [0.5, 0.6) is 0 Å². The molecule has 0 radical (unpaired) electrons. The van der Waals surface area contributed by atoms with Gasteiger partial charge in [0.05, 0.1) is 11.3 Å². The zero-order valence-electron chi connectivity index (χ0n) is 11.1. The molecular weight excluding hydrogens is 373 g/mol. The van der Waals surface area contributed by atoms with Gasteiger partial charge in [0.15, 0.2) is 0 Å². The van der Waals surface area contributed by atoms with Gasteiger partial charge in [0.1, 0.15) is 0 Å². The second-order valence-electron chi connectivity index (χ2n) is 5.61. The van der Waals surface area contributed by atoms with Gasteiger partial charge in [0.25, 0.3) is 0 Å². The van der Waals surface area contributed by atoms with Gasteiger partial charge in [-0.1, -0.05) is 13.8 Å². The summed E-state index contributed by atoms with van der Waals surface area (Å²) in [5.74, 6) is -1.85. The van der Waals surface area contributed by atoms with Gasteiger partial charge in [0.2, 0.25) is 11.8 Å². The number of aromatic carboxylic acids is 1. The lowest BCUT2D eigenvalue weighted by Crippen LogP contribution is -2.46. The number of piperidine rings is 1. The lowest BCUT2D eigenvalue weighted by Gasteiger charge is -2.35. The van der Waals surface area contributed by atoms with E-state index in [-0.39, 0.29) is 41.3 Å². The molecule has 0 saturated carbocycles. The third kappa shape index (κ3) is 2.84. The Morgan fingerprint density at radius 2 is 1.80 bits per heavy atom. The number of amides is 2. The Bertz CT molecular complexity index is 589. The van der Waals surface area contributed by atoms with Gasteiger partial charge in [-0.25, -0.2) is 9.69 Å². The molecule has 0 bridgehead atoms. The number of rotatable bonds is 2. The van der Waals surface area contributed by atoms with Gasteiger partial charge in [0, 0.05) is 16.4 Å². The molecule has 0 atom stereocenters. The minimum atomic E-state index is -1.15. The second kappa shape index (κ2) is 5.16. The molecule has 1 heterocycles. The molecule has 1 N–H and O–H groups in total. The van der Waals surface area contributed by atoms with E-state index in [4.69, 9.17) is 0 Å². The average molecular weight is 387 g/mol. The molecule has 1 saturated heterocycles. The minimum absolute atomic E-state index is 0.0293. The zero-order valence-corrected chi connectivity index (χ0v) is 13.3. The van der Waals surface area contributed by atoms with E-state index in [0.717, 1.165) is 8.47 Å². The predicted molar refractivity (Wildman–Crippen MR) is 81.6 cm³/mol. The van der Waals surface area contributed by atoms with Crippen molar-refractivity contribution < 1.29 is 19.5 Å². The normalized spacial score (nSPS) is 18.2. The molecule has 20 heavy (non-hydrogen) atoms. The number of halogens is 1. The quantitative estimate of drug-likeness (QED) is 0.626. The summed E-state index contributed by atoms with van der Waals surface area (Å²) in [6.07, 6.45) is 0.452. The SMILES string of the molecule is CC1(C)CC(=O)N(c2ccc(I)cc2C(=O)O)C(=O)C1. The molecule has 5 nitrogen and oxygen atoms in total. The average Bonchev–Trinajstić information content (AvgIpc) is 2.28. The molecule has 1 aromatic rings. The molecule has 1 fully saturated rings. The van der Waals surface area contributed by atoms with Crippen LogP contribution in [-0.2, 0) is 9.59 Å². The number of anilines is 1. The maximum atomic E-state index is 12.2. The Hall–Kier alpha value is -1.44. The van der Waals surface area contributed by atoms with Crippen molar-refractivity contribution in [2.75, 3.05) is 4.90 Å². The van der Waals surface area contributed by atoms with Crippen molar-refractivity contribution in [1.29, 1.82) is 0 Å². The van der Waals surface area contributed by atoms with Crippen LogP contribution in [-0.4, -0.2) is 22.9 Å². The van der Waals surface area contributed by atoms with Crippen LogP contribution in [0.2, 0.25) is 0 Å². The first-order valence-corrected chi connectivity index (χ1v) is 7.18. The summed E-state index contributed by atoms with van der Waals surface area (Å²) in [7, 11) is 0. The number of nitrogens with zero attached hydrogens (tertiary/aromatic N) is 1. The first kappa shape index (κ1) is 15.0. The maximum Gasteiger partial charge on any atom is 0.337 e. The Morgan fingerprint density at radius 1 is 1.25 bits per heavy atom. The van der Waals surface area contributed by atoms with Crippen molar-refractivity contribution in [2.24, 2.45) is 5.41 Å². The topological polar surface area (TPSA) is 74.7 Å². The first-order valence-electron chi connectivity index (χ1n) is 6.10. The number of imide groups is 1. The largest absolute Gasteiger partial charge is 0.478 e. The molecule has 2 rings (SSSR count). The Balaban J connectivity index is 2.49. The van der Waals surface area contributed by atoms with Gasteiger partial charge >= 0.3 is 5.97 Å². The van der Waals surface area contributed by atoms with Crippen LogP contribution >= 0.6 is 22.6 Å². The van der Waals surface area contributed by atoms with Crippen molar-refractivity contribution in [3.8, 4) is 0 Å². The smallest absolute Gasteiger partial charge is 0.337 e. The van der Waals surface area contributed by atoms with Gasteiger partial charge in [-0.2, -0.15) is 0 Å². The van der Waals surface area contributed by atoms with Crippen LogP contribution in [0, 0.1) is 8.99 Å². The number of hydrogen-bond acceptors (Lipinski definition) is 3. The van der Waals surface area contributed by atoms with Crippen molar-refractivity contribution in [3.63, 3.8) is 0 Å². The zero-order chi connectivity index (χ0) is 15.1. The van der Waals surface area contributed by atoms with E-state index in [9.17, 15) is 19.5 Å². The van der Waals surface area contributed by atoms with E-state index in [1.54, 1.807) is 6.07 Å². The van der Waals surface area contributed by atoms with E-state index in [0.29, 0.717) is 0 Å². The first-order chi connectivity index (χ1) is 9.21. The van der Waals surface area contributed by atoms with Crippen LogP contribution in [0.15, 0.2) is 18.2 Å². The molecule has 0 aliphatic carbocycles. The van der Waals surface area contributed by atoms with Crippen molar-refractivity contribution in [2.45, 2.75) is 26.7 Å². The summed E-state index contributed by atoms with van der Waals surface area (Å²) in [5, 5.41) is 9.24. The number of carbonyl (C=O) groups excluding carboxylic acids is 2. The lowest BCUT2D eigenvalue weighted by molar-refractivity contribution is -0.132. The van der Waals surface area contributed by atoms with Crippen molar-refractivity contribution >= 4 is 46.1 Å². The maximum absolute atomic E-state index is 12.2. The molecule has 6 heteroatoms. The Morgan fingerprint density at radius 3 is 2.30 bits per heavy atom. The predicted octanol–water partition coefficient (Wildman–Crippen LogP) is 2.67. The highest BCUT2D eigenvalue weighted by Gasteiger charge is 2.39. The van der Waals surface area contributed by atoms with Gasteiger partial charge in [-0.05, 0) is 46.2 Å². The van der Waals surface area contributed by atoms with Crippen LogP contribution in [0.3, 0.4) is 0 Å². The third-order valence-electron chi connectivity index (χ3n) is 3.19. The molecular formula is C14H14INO4. The molecule has 106 valence electrons. The summed E-state index contributed by atoms with van der Waals surface area (Å²) >= 11 is 1.99. The fourth-order valence-electron chi connectivity index (χ4n) is 2.32. The summed E-state index contributed by atoms with van der Waals surface area (Å²) in [5.41, 5.74) is -0.251. The Kier molecular flexibility index (Phi) is 3.86. The van der Waals surface area contributed by atoms with Gasteiger partial charge < -0.3 is 5.11 Å². The number of benzene rings is 1. The second-order valence-corrected chi connectivity index (χ2v) is 6.85. The lowest BCUT2D eigenvalue weighted by atomic mass is 9.81. The molecule has 2 amide bonds. The number of carboxylic acid groups (broad SMARTS) is 1. The molecule has 0 spiro atoms. The number of hydrogen-bond donors (Lipinski definition) is 1. The molecule has 1 aliphatic heterocycles. The highest BCUT2D eigenvalue weighted by Crippen LogP contribution is 2.35. The third-order valence-corrected chi connectivity index (χ3v) is 3.86. The molecule has 0 unspecified atom stereocenters. The summed E-state index contributed by atoms with van der Waals surface area (Å²) in [6, 6.07) is 4.65. The number of carboxylic acids is 1. The Labute approximate surface area is 130 Å². The van der Waals surface area contributed by atoms with Gasteiger partial charge in [-0.3, -0.25) is 9.59 Å². The van der Waals surface area contributed by atoms with Crippen LogP contribution < -0.4 is 4.90 Å². The van der Waals surface area contributed by atoms with E-state index in [2.05, 4.69) is 0 Å². The summed E-state index contributed by atoms with van der Waals surface area (Å²) in [4.78, 5) is 36.7. The molecule has 1 aromatic carbocycles. The van der Waals surface area contributed by atoms with Crippen molar-refractivity contribution in [1.82, 2.24) is 0 Å². The van der Waals surface area contributed by atoms with E-state index in [1.165, 1.54) is 12.1 Å². The highest BCUT2D eigenvalue weighted by atomic mass is 127. The van der Waals surface area contributed by atoms with Crippen LogP contribution in [0.25, 0.3) is 0 Å². The van der Waals surface area contributed by atoms with E-state index < -0.39 is 5.97 Å². The van der Waals surface area contributed by atoms with Gasteiger partial charge in [-0.15, -0.1) is 0 Å². The number of carbonyl (C=O) groups is 3. The minimum Gasteiger partial charge on any atom is -0.478 e. The molecule has 0 aromatic heterocycles. The fourth-order valence-corrected chi connectivity index (χ4v) is 2.81. The highest BCUT2D eigenvalue weighted by molar-refractivity contribution is 14.1.